The van der Waals surface area contributed by atoms with Gasteiger partial charge in [-0.1, -0.05) is 6.92 Å². The van der Waals surface area contributed by atoms with Crippen molar-refractivity contribution < 1.29 is 22.0 Å². The van der Waals surface area contributed by atoms with E-state index in [0.29, 0.717) is 6.42 Å². The summed E-state index contributed by atoms with van der Waals surface area (Å²) in [5.74, 6) is -3.97. The van der Waals surface area contributed by atoms with Crippen LogP contribution in [0.25, 0.3) is 0 Å². The SMILES string of the molecule is CCCS(=O)(=O)Nc1ccc(F)c(C(N)=O)c1F. The normalized spacial score (nSPS) is 11.3. The molecule has 0 spiro atoms. The molecule has 0 aliphatic heterocycles. The van der Waals surface area contributed by atoms with Crippen molar-refractivity contribution in [3.8, 4) is 0 Å². The highest BCUT2D eigenvalue weighted by atomic mass is 32.2. The molecule has 1 rings (SSSR count). The van der Waals surface area contributed by atoms with Crippen LogP contribution in [0.4, 0.5) is 14.5 Å². The highest BCUT2D eigenvalue weighted by Gasteiger charge is 2.20. The average molecular weight is 278 g/mol. The summed E-state index contributed by atoms with van der Waals surface area (Å²) in [6, 6.07) is 1.66. The summed E-state index contributed by atoms with van der Waals surface area (Å²) in [4.78, 5) is 10.9. The Balaban J connectivity index is 3.21. The topological polar surface area (TPSA) is 89.3 Å². The molecular formula is C10H12F2N2O3S. The lowest BCUT2D eigenvalue weighted by atomic mass is 10.1. The van der Waals surface area contributed by atoms with Gasteiger partial charge in [-0.2, -0.15) is 0 Å². The molecule has 100 valence electrons. The Kier molecular flexibility index (Phi) is 4.23. The van der Waals surface area contributed by atoms with E-state index in [1.165, 1.54) is 0 Å². The molecule has 0 aliphatic rings. The molecule has 0 saturated heterocycles. The predicted octanol–water partition coefficient (Wildman–Crippen LogP) is 1.22. The number of carbonyl (C=O) groups is 1. The smallest absolute Gasteiger partial charge is 0.254 e. The van der Waals surface area contributed by atoms with E-state index in [9.17, 15) is 22.0 Å². The fourth-order valence-electron chi connectivity index (χ4n) is 1.34. The van der Waals surface area contributed by atoms with E-state index in [0.717, 1.165) is 12.1 Å². The first-order chi connectivity index (χ1) is 8.28. The molecule has 0 heterocycles. The minimum absolute atomic E-state index is 0.213. The van der Waals surface area contributed by atoms with Crippen LogP contribution in [0, 0.1) is 11.6 Å². The van der Waals surface area contributed by atoms with E-state index < -0.39 is 38.8 Å². The lowest BCUT2D eigenvalue weighted by Crippen LogP contribution is -2.20. The van der Waals surface area contributed by atoms with Gasteiger partial charge in [-0.25, -0.2) is 17.2 Å². The third-order valence-corrected chi connectivity index (χ3v) is 3.55. The summed E-state index contributed by atoms with van der Waals surface area (Å²) >= 11 is 0. The molecule has 3 N–H and O–H groups in total. The number of nitrogens with one attached hydrogen (secondary N) is 1. The van der Waals surface area contributed by atoms with Crippen molar-refractivity contribution in [2.75, 3.05) is 10.5 Å². The van der Waals surface area contributed by atoms with Gasteiger partial charge in [0.15, 0.2) is 5.82 Å². The summed E-state index contributed by atoms with van der Waals surface area (Å²) in [6.45, 7) is 1.63. The first-order valence-electron chi connectivity index (χ1n) is 5.06. The van der Waals surface area contributed by atoms with E-state index in [-0.39, 0.29) is 5.75 Å². The van der Waals surface area contributed by atoms with Crippen LogP contribution < -0.4 is 10.5 Å². The highest BCUT2D eigenvalue weighted by molar-refractivity contribution is 7.92. The summed E-state index contributed by atoms with van der Waals surface area (Å²) < 4.78 is 51.6. The Morgan fingerprint density at radius 3 is 2.50 bits per heavy atom. The Morgan fingerprint density at radius 1 is 1.39 bits per heavy atom. The third-order valence-electron chi connectivity index (χ3n) is 2.08. The van der Waals surface area contributed by atoms with E-state index >= 15 is 0 Å². The number of hydrogen-bond donors (Lipinski definition) is 2. The van der Waals surface area contributed by atoms with Crippen LogP contribution in [-0.4, -0.2) is 20.1 Å². The zero-order valence-electron chi connectivity index (χ0n) is 9.54. The Labute approximate surface area is 103 Å². The van der Waals surface area contributed by atoms with Crippen LogP contribution in [0.5, 0.6) is 0 Å². The highest BCUT2D eigenvalue weighted by Crippen LogP contribution is 2.21. The van der Waals surface area contributed by atoms with Crippen molar-refractivity contribution in [1.82, 2.24) is 0 Å². The van der Waals surface area contributed by atoms with Crippen molar-refractivity contribution in [3.05, 3.63) is 29.3 Å². The lowest BCUT2D eigenvalue weighted by Gasteiger charge is -2.10. The maximum atomic E-state index is 13.7. The number of amides is 1. The summed E-state index contributed by atoms with van der Waals surface area (Å²) in [5, 5.41) is 0. The number of primary amides is 1. The van der Waals surface area contributed by atoms with Gasteiger partial charge in [-0.15, -0.1) is 0 Å². The van der Waals surface area contributed by atoms with Crippen LogP contribution in [0.2, 0.25) is 0 Å². The van der Waals surface area contributed by atoms with Gasteiger partial charge in [0.2, 0.25) is 10.0 Å². The number of nitrogens with two attached hydrogens (primary N) is 1. The molecule has 0 bridgehead atoms. The van der Waals surface area contributed by atoms with Gasteiger partial charge in [-0.05, 0) is 18.6 Å². The average Bonchev–Trinajstić information content (AvgIpc) is 2.21. The van der Waals surface area contributed by atoms with Gasteiger partial charge in [0.25, 0.3) is 5.91 Å². The molecule has 0 unspecified atom stereocenters. The van der Waals surface area contributed by atoms with Crippen molar-refractivity contribution in [2.24, 2.45) is 5.73 Å². The van der Waals surface area contributed by atoms with Crippen molar-refractivity contribution in [3.63, 3.8) is 0 Å². The van der Waals surface area contributed by atoms with E-state index in [4.69, 9.17) is 5.73 Å². The quantitative estimate of drug-likeness (QED) is 0.848. The molecule has 0 aromatic heterocycles. The third kappa shape index (κ3) is 3.16. The second kappa shape index (κ2) is 5.30. The molecule has 0 radical (unpaired) electrons. The molecular weight excluding hydrogens is 266 g/mol. The second-order valence-electron chi connectivity index (χ2n) is 3.57. The Bertz CT molecular complexity index is 573. The fraction of sp³-hybridized carbons (Fsp3) is 0.300. The van der Waals surface area contributed by atoms with Gasteiger partial charge in [0.05, 0.1) is 11.4 Å². The largest absolute Gasteiger partial charge is 0.365 e. The van der Waals surface area contributed by atoms with E-state index in [2.05, 4.69) is 0 Å². The van der Waals surface area contributed by atoms with Crippen LogP contribution >= 0.6 is 0 Å². The molecule has 5 nitrogen and oxygen atoms in total. The van der Waals surface area contributed by atoms with Gasteiger partial charge in [-0.3, -0.25) is 9.52 Å². The molecule has 8 heteroatoms. The summed E-state index contributed by atoms with van der Waals surface area (Å²) in [5.41, 5.74) is 3.34. The van der Waals surface area contributed by atoms with Crippen LogP contribution in [-0.2, 0) is 10.0 Å². The monoisotopic (exact) mass is 278 g/mol. The van der Waals surface area contributed by atoms with Gasteiger partial charge in [0.1, 0.15) is 11.4 Å². The standard InChI is InChI=1S/C10H12F2N2O3S/c1-2-5-18(16,17)14-7-4-3-6(11)8(9(7)12)10(13)15/h3-4,14H,2,5H2,1H3,(H2,13,15). The van der Waals surface area contributed by atoms with Crippen LogP contribution in [0.1, 0.15) is 23.7 Å². The number of sulfonamides is 1. The number of carbonyl (C=O) groups excluding carboxylic acids is 1. The number of anilines is 1. The Morgan fingerprint density at radius 2 is 2.00 bits per heavy atom. The summed E-state index contributed by atoms with van der Waals surface area (Å²) in [6.07, 6.45) is 0.334. The van der Waals surface area contributed by atoms with E-state index in [1.54, 1.807) is 6.92 Å². The first kappa shape index (κ1) is 14.4. The van der Waals surface area contributed by atoms with Crippen molar-refractivity contribution in [1.29, 1.82) is 0 Å². The zero-order chi connectivity index (χ0) is 13.9. The molecule has 0 saturated carbocycles. The summed E-state index contributed by atoms with van der Waals surface area (Å²) in [7, 11) is -3.73. The Hall–Kier alpha value is -1.70. The van der Waals surface area contributed by atoms with Crippen LogP contribution in [0.3, 0.4) is 0 Å². The van der Waals surface area contributed by atoms with Gasteiger partial charge >= 0.3 is 0 Å². The van der Waals surface area contributed by atoms with Crippen molar-refractivity contribution >= 4 is 21.6 Å². The minimum atomic E-state index is -3.73. The zero-order valence-corrected chi connectivity index (χ0v) is 10.4. The molecule has 1 amide bonds. The van der Waals surface area contributed by atoms with Crippen molar-refractivity contribution in [2.45, 2.75) is 13.3 Å². The maximum Gasteiger partial charge on any atom is 0.254 e. The second-order valence-corrected chi connectivity index (χ2v) is 5.41. The molecule has 0 fully saturated rings. The number of hydrogen-bond acceptors (Lipinski definition) is 3. The van der Waals surface area contributed by atoms with E-state index in [1.807, 2.05) is 4.72 Å². The van der Waals surface area contributed by atoms with Crippen LogP contribution in [0.15, 0.2) is 12.1 Å². The first-order valence-corrected chi connectivity index (χ1v) is 6.72. The number of benzene rings is 1. The fourth-order valence-corrected chi connectivity index (χ4v) is 2.48. The van der Waals surface area contributed by atoms with Gasteiger partial charge in [0, 0.05) is 0 Å². The number of halogens is 2. The number of rotatable bonds is 5. The molecule has 0 atom stereocenters. The minimum Gasteiger partial charge on any atom is -0.365 e. The lowest BCUT2D eigenvalue weighted by molar-refractivity contribution is 0.0992. The predicted molar refractivity (Wildman–Crippen MR) is 62.6 cm³/mol. The van der Waals surface area contributed by atoms with Gasteiger partial charge < -0.3 is 5.73 Å². The molecule has 18 heavy (non-hydrogen) atoms. The molecule has 1 aromatic rings. The molecule has 0 aliphatic carbocycles. The molecule has 1 aromatic carbocycles. The maximum absolute atomic E-state index is 13.7.